The number of hydrogen-bond acceptors (Lipinski definition) is 7. The van der Waals surface area contributed by atoms with E-state index in [1.54, 1.807) is 18.5 Å². The largest absolute Gasteiger partial charge is 0.338 e. The van der Waals surface area contributed by atoms with Crippen molar-refractivity contribution in [2.75, 3.05) is 19.3 Å². The molecule has 0 unspecified atom stereocenters. The number of aromatic nitrogens is 6. The van der Waals surface area contributed by atoms with Gasteiger partial charge in [-0.3, -0.25) is 20.0 Å². The van der Waals surface area contributed by atoms with E-state index in [0.29, 0.717) is 22.5 Å². The standard InChI is InChI=1S/C31H29FN8O2S/c1-43(41,42)36-15-19-8-21(11-23(32)10-19)24-4-5-34-31-25(24)12-28(37-31)30-26-13-27(35-17-29(26)38-39-30)22-9-20(14-33-16-22)18-40-6-2-3-7-40/h4-5,8-14,16-17,36H,2-3,6-7,15,18H2,1H3,(H,34,37)(H,38,39). The molecule has 10 nitrogen and oxygen atoms in total. The smallest absolute Gasteiger partial charge is 0.209 e. The number of benzene rings is 1. The summed E-state index contributed by atoms with van der Waals surface area (Å²) in [6, 6.07) is 12.5. The van der Waals surface area contributed by atoms with Crippen LogP contribution in [0.15, 0.2) is 67.3 Å². The van der Waals surface area contributed by atoms with Crippen LogP contribution in [0, 0.1) is 5.82 Å². The fourth-order valence-electron chi connectivity index (χ4n) is 5.72. The molecule has 1 aromatic carbocycles. The van der Waals surface area contributed by atoms with Gasteiger partial charge in [0.2, 0.25) is 10.0 Å². The summed E-state index contributed by atoms with van der Waals surface area (Å²) in [5.41, 5.74) is 7.66. The molecular formula is C31H29FN8O2S. The van der Waals surface area contributed by atoms with Crippen molar-refractivity contribution in [2.24, 2.45) is 0 Å². The maximum absolute atomic E-state index is 14.6. The molecule has 0 amide bonds. The Morgan fingerprint density at radius 1 is 0.953 bits per heavy atom. The van der Waals surface area contributed by atoms with E-state index < -0.39 is 15.8 Å². The van der Waals surface area contributed by atoms with Crippen LogP contribution in [-0.4, -0.2) is 62.8 Å². The Balaban J connectivity index is 1.24. The third kappa shape index (κ3) is 5.76. The fourth-order valence-corrected chi connectivity index (χ4v) is 6.15. The van der Waals surface area contributed by atoms with Gasteiger partial charge in [0.05, 0.1) is 29.4 Å². The summed E-state index contributed by atoms with van der Waals surface area (Å²) in [6.45, 7) is 3.11. The van der Waals surface area contributed by atoms with E-state index in [9.17, 15) is 12.8 Å². The van der Waals surface area contributed by atoms with Gasteiger partial charge in [0, 0.05) is 48.0 Å². The van der Waals surface area contributed by atoms with Gasteiger partial charge in [0.1, 0.15) is 17.2 Å². The predicted molar refractivity (Wildman–Crippen MR) is 164 cm³/mol. The summed E-state index contributed by atoms with van der Waals surface area (Å²) in [7, 11) is -3.42. The number of rotatable bonds is 8. The minimum absolute atomic E-state index is 0.0114. The molecule has 1 fully saturated rings. The quantitative estimate of drug-likeness (QED) is 0.225. The maximum Gasteiger partial charge on any atom is 0.209 e. The van der Waals surface area contributed by atoms with Gasteiger partial charge in [-0.25, -0.2) is 22.5 Å². The van der Waals surface area contributed by atoms with Crippen LogP contribution < -0.4 is 4.72 Å². The molecule has 1 aliphatic heterocycles. The molecule has 0 atom stereocenters. The van der Waals surface area contributed by atoms with E-state index in [-0.39, 0.29) is 6.54 Å². The number of H-pyrrole nitrogens is 2. The van der Waals surface area contributed by atoms with Crippen LogP contribution >= 0.6 is 0 Å². The summed E-state index contributed by atoms with van der Waals surface area (Å²) >= 11 is 0. The first-order chi connectivity index (χ1) is 20.8. The van der Waals surface area contributed by atoms with E-state index >= 15 is 0 Å². The molecule has 1 saturated heterocycles. The average Bonchev–Trinajstić information content (AvgIpc) is 3.75. The summed E-state index contributed by atoms with van der Waals surface area (Å²) in [5.74, 6) is -0.458. The van der Waals surface area contributed by atoms with Gasteiger partial charge in [0.15, 0.2) is 0 Å². The first kappa shape index (κ1) is 27.3. The molecule has 1 aliphatic rings. The highest BCUT2D eigenvalue weighted by Crippen LogP contribution is 2.34. The SMILES string of the molecule is CS(=O)(=O)NCc1cc(F)cc(-c2ccnc3[nH]c(-c4n[nH]c5cnc(-c6cncc(CN7CCCC7)c6)cc45)cc23)c1. The number of fused-ring (bicyclic) bond motifs is 2. The molecule has 0 bridgehead atoms. The first-order valence-electron chi connectivity index (χ1n) is 14.0. The second kappa shape index (κ2) is 11.0. The van der Waals surface area contributed by atoms with E-state index in [2.05, 4.69) is 45.8 Å². The van der Waals surface area contributed by atoms with Crippen LogP contribution in [0.3, 0.4) is 0 Å². The number of aromatic amines is 2. The molecule has 0 spiro atoms. The zero-order valence-electron chi connectivity index (χ0n) is 23.4. The van der Waals surface area contributed by atoms with Crippen molar-refractivity contribution in [2.45, 2.75) is 25.9 Å². The molecule has 5 aromatic heterocycles. The second-order valence-corrected chi connectivity index (χ2v) is 12.8. The number of nitrogens with zero attached hydrogens (tertiary/aromatic N) is 5. The van der Waals surface area contributed by atoms with Crippen molar-refractivity contribution in [3.8, 4) is 33.8 Å². The van der Waals surface area contributed by atoms with Crippen LogP contribution in [0.2, 0.25) is 0 Å². The maximum atomic E-state index is 14.6. The zero-order valence-corrected chi connectivity index (χ0v) is 24.2. The Bertz CT molecular complexity index is 2080. The van der Waals surface area contributed by atoms with Crippen LogP contribution in [0.5, 0.6) is 0 Å². The molecule has 0 radical (unpaired) electrons. The van der Waals surface area contributed by atoms with Crippen molar-refractivity contribution >= 4 is 32.0 Å². The Labute approximate surface area is 247 Å². The Hall–Kier alpha value is -4.52. The van der Waals surface area contributed by atoms with Gasteiger partial charge in [-0.05, 0) is 90.6 Å². The molecule has 218 valence electrons. The number of halogens is 1. The summed E-state index contributed by atoms with van der Waals surface area (Å²) < 4.78 is 40.2. The number of sulfonamides is 1. The Morgan fingerprint density at radius 2 is 1.79 bits per heavy atom. The molecule has 7 rings (SSSR count). The molecule has 12 heteroatoms. The lowest BCUT2D eigenvalue weighted by molar-refractivity contribution is 0.331. The highest BCUT2D eigenvalue weighted by atomic mass is 32.2. The lowest BCUT2D eigenvalue weighted by Gasteiger charge is -2.14. The number of likely N-dealkylation sites (tertiary alicyclic amines) is 1. The molecule has 43 heavy (non-hydrogen) atoms. The summed E-state index contributed by atoms with van der Waals surface area (Å²) in [5, 5.41) is 9.34. The van der Waals surface area contributed by atoms with E-state index in [1.807, 2.05) is 30.6 Å². The second-order valence-electron chi connectivity index (χ2n) is 11.0. The normalized spacial score (nSPS) is 14.3. The number of pyridine rings is 3. The van der Waals surface area contributed by atoms with Gasteiger partial charge in [-0.15, -0.1) is 0 Å². The highest BCUT2D eigenvalue weighted by molar-refractivity contribution is 7.88. The molecule has 0 saturated carbocycles. The van der Waals surface area contributed by atoms with Crippen molar-refractivity contribution in [1.29, 1.82) is 0 Å². The van der Waals surface area contributed by atoms with Gasteiger partial charge < -0.3 is 4.98 Å². The van der Waals surface area contributed by atoms with Crippen LogP contribution in [0.1, 0.15) is 24.0 Å². The molecule has 6 aromatic rings. The summed E-state index contributed by atoms with van der Waals surface area (Å²) in [4.78, 5) is 19.5. The van der Waals surface area contributed by atoms with Gasteiger partial charge >= 0.3 is 0 Å². The first-order valence-corrected chi connectivity index (χ1v) is 15.9. The van der Waals surface area contributed by atoms with Crippen LogP contribution in [0.4, 0.5) is 4.39 Å². The average molecular weight is 597 g/mol. The van der Waals surface area contributed by atoms with Crippen molar-refractivity contribution in [3.05, 3.63) is 84.2 Å². The van der Waals surface area contributed by atoms with E-state index in [0.717, 1.165) is 70.3 Å². The monoisotopic (exact) mass is 596 g/mol. The Kier molecular flexibility index (Phi) is 6.96. The Morgan fingerprint density at radius 3 is 2.63 bits per heavy atom. The number of hydrogen-bond donors (Lipinski definition) is 3. The third-order valence-electron chi connectivity index (χ3n) is 7.74. The van der Waals surface area contributed by atoms with Crippen LogP contribution in [-0.2, 0) is 23.1 Å². The lowest BCUT2D eigenvalue weighted by atomic mass is 10.0. The minimum atomic E-state index is -3.42. The van der Waals surface area contributed by atoms with E-state index in [4.69, 9.17) is 0 Å². The highest BCUT2D eigenvalue weighted by Gasteiger charge is 2.17. The topological polar surface area (TPSA) is 133 Å². The lowest BCUT2D eigenvalue weighted by Crippen LogP contribution is -2.21. The molecular weight excluding hydrogens is 567 g/mol. The van der Waals surface area contributed by atoms with Gasteiger partial charge in [-0.2, -0.15) is 5.10 Å². The molecule has 3 N–H and O–H groups in total. The zero-order chi connectivity index (χ0) is 29.6. The predicted octanol–water partition coefficient (Wildman–Crippen LogP) is 5.01. The molecule has 6 heterocycles. The third-order valence-corrected chi connectivity index (χ3v) is 8.41. The fraction of sp³-hybridized carbons (Fsp3) is 0.226. The summed E-state index contributed by atoms with van der Waals surface area (Å²) in [6.07, 6.45) is 10.7. The van der Waals surface area contributed by atoms with Crippen molar-refractivity contribution < 1.29 is 12.8 Å². The molecule has 0 aliphatic carbocycles. The van der Waals surface area contributed by atoms with Crippen molar-refractivity contribution in [1.82, 2.24) is 39.8 Å². The van der Waals surface area contributed by atoms with Gasteiger partial charge in [-0.1, -0.05) is 0 Å². The number of nitrogens with one attached hydrogen (secondary N) is 3. The van der Waals surface area contributed by atoms with Gasteiger partial charge in [0.25, 0.3) is 0 Å². The van der Waals surface area contributed by atoms with E-state index in [1.165, 1.54) is 25.0 Å². The van der Waals surface area contributed by atoms with Crippen LogP contribution in [0.25, 0.3) is 55.7 Å². The van der Waals surface area contributed by atoms with Crippen molar-refractivity contribution in [3.63, 3.8) is 0 Å². The minimum Gasteiger partial charge on any atom is -0.338 e.